The average molecular weight is 341 g/mol. The van der Waals surface area contributed by atoms with Crippen LogP contribution in [0.2, 0.25) is 0 Å². The number of pyridine rings is 1. The Hall–Kier alpha value is -3.07. The third-order valence-corrected chi connectivity index (χ3v) is 4.35. The van der Waals surface area contributed by atoms with E-state index in [9.17, 15) is 0 Å². The van der Waals surface area contributed by atoms with Crippen LogP contribution in [0, 0.1) is 27.7 Å². The molecule has 0 fully saturated rings. The standard InChI is InChI=1S/C23H23N3/c1-16-9-7-10-17(2)22(16)25-15-21(20-13-5-6-14-24-20)26-23-18(3)11-8-12-19(23)4/h5-15H,1-4H3. The summed E-state index contributed by atoms with van der Waals surface area (Å²) in [6, 6.07) is 18.2. The van der Waals surface area contributed by atoms with Crippen molar-refractivity contribution in [1.29, 1.82) is 0 Å². The number of benzene rings is 2. The van der Waals surface area contributed by atoms with E-state index in [1.165, 1.54) is 0 Å². The molecule has 3 aromatic rings. The number of nitrogens with zero attached hydrogens (tertiary/aromatic N) is 3. The zero-order valence-corrected chi connectivity index (χ0v) is 15.7. The number of aliphatic imine (C=N–C) groups is 2. The monoisotopic (exact) mass is 341 g/mol. The van der Waals surface area contributed by atoms with E-state index in [0.717, 1.165) is 45.0 Å². The van der Waals surface area contributed by atoms with Crippen LogP contribution in [0.3, 0.4) is 0 Å². The molecule has 0 radical (unpaired) electrons. The highest BCUT2D eigenvalue weighted by Gasteiger charge is 2.07. The summed E-state index contributed by atoms with van der Waals surface area (Å²) in [6.07, 6.45) is 3.60. The maximum Gasteiger partial charge on any atom is 0.108 e. The van der Waals surface area contributed by atoms with Gasteiger partial charge in [-0.2, -0.15) is 0 Å². The van der Waals surface area contributed by atoms with Crippen molar-refractivity contribution < 1.29 is 0 Å². The largest absolute Gasteiger partial charge is 0.255 e. The summed E-state index contributed by atoms with van der Waals surface area (Å²) in [5.74, 6) is 0. The zero-order chi connectivity index (χ0) is 18.5. The van der Waals surface area contributed by atoms with Crippen LogP contribution in [0.4, 0.5) is 11.4 Å². The summed E-state index contributed by atoms with van der Waals surface area (Å²) < 4.78 is 0. The van der Waals surface area contributed by atoms with Gasteiger partial charge in [0.1, 0.15) is 5.71 Å². The summed E-state index contributed by atoms with van der Waals surface area (Å²) in [5.41, 5.74) is 8.09. The highest BCUT2D eigenvalue weighted by atomic mass is 14.8. The molecule has 0 amide bonds. The van der Waals surface area contributed by atoms with Gasteiger partial charge in [0.2, 0.25) is 0 Å². The molecule has 1 aromatic heterocycles. The number of aryl methyl sites for hydroxylation is 4. The fourth-order valence-corrected chi connectivity index (χ4v) is 2.90. The number of hydrogen-bond donors (Lipinski definition) is 0. The zero-order valence-electron chi connectivity index (χ0n) is 15.7. The van der Waals surface area contributed by atoms with E-state index in [1.54, 1.807) is 6.20 Å². The van der Waals surface area contributed by atoms with Crippen LogP contribution < -0.4 is 0 Å². The molecule has 0 aliphatic carbocycles. The lowest BCUT2D eigenvalue weighted by Crippen LogP contribution is -2.05. The fraction of sp³-hybridized carbons (Fsp3) is 0.174. The molecule has 0 aliphatic heterocycles. The third kappa shape index (κ3) is 3.94. The predicted octanol–water partition coefficient (Wildman–Crippen LogP) is 5.84. The molecular weight excluding hydrogens is 318 g/mol. The SMILES string of the molecule is Cc1cccc(C)c1N=CC(=Nc1c(C)cccc1C)c1ccccn1. The smallest absolute Gasteiger partial charge is 0.108 e. The molecule has 0 bridgehead atoms. The summed E-state index contributed by atoms with van der Waals surface area (Å²) in [5, 5.41) is 0. The lowest BCUT2D eigenvalue weighted by Gasteiger charge is -2.08. The Kier molecular flexibility index (Phi) is 5.37. The molecule has 3 nitrogen and oxygen atoms in total. The molecule has 0 saturated heterocycles. The Labute approximate surface area is 155 Å². The van der Waals surface area contributed by atoms with Crippen molar-refractivity contribution in [2.75, 3.05) is 0 Å². The third-order valence-electron chi connectivity index (χ3n) is 4.35. The Morgan fingerprint density at radius 1 is 0.731 bits per heavy atom. The van der Waals surface area contributed by atoms with E-state index < -0.39 is 0 Å². The fourth-order valence-electron chi connectivity index (χ4n) is 2.90. The highest BCUT2D eigenvalue weighted by Crippen LogP contribution is 2.25. The maximum absolute atomic E-state index is 4.91. The summed E-state index contributed by atoms with van der Waals surface area (Å²) in [4.78, 5) is 14.1. The second kappa shape index (κ2) is 7.87. The van der Waals surface area contributed by atoms with E-state index in [1.807, 2.05) is 30.5 Å². The molecule has 3 rings (SSSR count). The van der Waals surface area contributed by atoms with Gasteiger partial charge in [0.25, 0.3) is 0 Å². The number of para-hydroxylation sites is 2. The second-order valence-corrected chi connectivity index (χ2v) is 6.45. The maximum atomic E-state index is 4.91. The van der Waals surface area contributed by atoms with Gasteiger partial charge < -0.3 is 0 Å². The van der Waals surface area contributed by atoms with E-state index in [4.69, 9.17) is 9.98 Å². The molecule has 0 N–H and O–H groups in total. The Morgan fingerprint density at radius 2 is 1.31 bits per heavy atom. The van der Waals surface area contributed by atoms with Crippen LogP contribution in [0.1, 0.15) is 27.9 Å². The molecule has 26 heavy (non-hydrogen) atoms. The molecular formula is C23H23N3. The summed E-state index contributed by atoms with van der Waals surface area (Å²) >= 11 is 0. The Morgan fingerprint density at radius 3 is 1.85 bits per heavy atom. The van der Waals surface area contributed by atoms with Crippen LogP contribution in [0.5, 0.6) is 0 Å². The number of hydrogen-bond acceptors (Lipinski definition) is 3. The number of aromatic nitrogens is 1. The summed E-state index contributed by atoms with van der Waals surface area (Å²) in [7, 11) is 0. The van der Waals surface area contributed by atoms with E-state index in [0.29, 0.717) is 0 Å². The predicted molar refractivity (Wildman–Crippen MR) is 110 cm³/mol. The van der Waals surface area contributed by atoms with Crippen molar-refractivity contribution in [3.8, 4) is 0 Å². The second-order valence-electron chi connectivity index (χ2n) is 6.45. The molecule has 0 aliphatic rings. The Bertz CT molecular complexity index is 929. The molecule has 3 heteroatoms. The average Bonchev–Trinajstić information content (AvgIpc) is 2.63. The minimum absolute atomic E-state index is 0.755. The van der Waals surface area contributed by atoms with Crippen molar-refractivity contribution in [2.24, 2.45) is 9.98 Å². The highest BCUT2D eigenvalue weighted by molar-refractivity contribution is 6.38. The molecule has 0 atom stereocenters. The minimum atomic E-state index is 0.755. The quantitative estimate of drug-likeness (QED) is 0.549. The van der Waals surface area contributed by atoms with Gasteiger partial charge in [-0.25, -0.2) is 4.99 Å². The van der Waals surface area contributed by atoms with Crippen LogP contribution in [-0.2, 0) is 0 Å². The van der Waals surface area contributed by atoms with E-state index in [2.05, 4.69) is 63.0 Å². The molecule has 130 valence electrons. The van der Waals surface area contributed by atoms with Gasteiger partial charge in [-0.1, -0.05) is 42.5 Å². The lowest BCUT2D eigenvalue weighted by molar-refractivity contribution is 1.28. The van der Waals surface area contributed by atoms with Gasteiger partial charge in [0.05, 0.1) is 23.3 Å². The van der Waals surface area contributed by atoms with Crippen molar-refractivity contribution in [3.63, 3.8) is 0 Å². The first-order valence-electron chi connectivity index (χ1n) is 8.73. The van der Waals surface area contributed by atoms with Gasteiger partial charge >= 0.3 is 0 Å². The van der Waals surface area contributed by atoms with Gasteiger partial charge in [0.15, 0.2) is 0 Å². The van der Waals surface area contributed by atoms with Gasteiger partial charge in [-0.3, -0.25) is 9.98 Å². The lowest BCUT2D eigenvalue weighted by atomic mass is 10.1. The van der Waals surface area contributed by atoms with Crippen molar-refractivity contribution in [1.82, 2.24) is 4.98 Å². The van der Waals surface area contributed by atoms with Crippen LogP contribution in [0.15, 0.2) is 70.8 Å². The molecule has 1 heterocycles. The normalized spacial score (nSPS) is 11.9. The first-order chi connectivity index (χ1) is 12.6. The van der Waals surface area contributed by atoms with Crippen LogP contribution >= 0.6 is 0 Å². The Balaban J connectivity index is 2.11. The van der Waals surface area contributed by atoms with Gasteiger partial charge in [0, 0.05) is 6.20 Å². The van der Waals surface area contributed by atoms with Crippen molar-refractivity contribution >= 4 is 23.3 Å². The molecule has 0 saturated carbocycles. The first-order valence-corrected chi connectivity index (χ1v) is 8.73. The first kappa shape index (κ1) is 17.7. The van der Waals surface area contributed by atoms with Crippen LogP contribution in [0.25, 0.3) is 0 Å². The molecule has 0 unspecified atom stereocenters. The summed E-state index contributed by atoms with van der Waals surface area (Å²) in [6.45, 7) is 8.29. The molecule has 2 aromatic carbocycles. The van der Waals surface area contributed by atoms with Gasteiger partial charge in [-0.15, -0.1) is 0 Å². The van der Waals surface area contributed by atoms with E-state index >= 15 is 0 Å². The van der Waals surface area contributed by atoms with Crippen molar-refractivity contribution in [2.45, 2.75) is 27.7 Å². The van der Waals surface area contributed by atoms with Crippen molar-refractivity contribution in [3.05, 3.63) is 88.7 Å². The topological polar surface area (TPSA) is 37.6 Å². The van der Waals surface area contributed by atoms with Crippen LogP contribution in [-0.4, -0.2) is 16.9 Å². The van der Waals surface area contributed by atoms with Gasteiger partial charge in [-0.05, 0) is 62.1 Å². The minimum Gasteiger partial charge on any atom is -0.255 e. The van der Waals surface area contributed by atoms with E-state index in [-0.39, 0.29) is 0 Å². The number of rotatable bonds is 4. The molecule has 0 spiro atoms.